The normalized spacial score (nSPS) is 13.1. The average molecular weight is 171 g/mol. The van der Waals surface area contributed by atoms with Crippen LogP contribution < -0.4 is 5.73 Å². The number of rotatable bonds is 4. The van der Waals surface area contributed by atoms with Gasteiger partial charge in [0.25, 0.3) is 0 Å². The molecule has 0 saturated heterocycles. The van der Waals surface area contributed by atoms with Gasteiger partial charge in [-0.3, -0.25) is 4.79 Å². The molecular formula is C10H21NO. The minimum absolute atomic E-state index is 0.205. The summed E-state index contributed by atoms with van der Waals surface area (Å²) >= 11 is 0. The molecule has 0 saturated carbocycles. The lowest BCUT2D eigenvalue weighted by Crippen LogP contribution is -2.35. The molecule has 0 radical (unpaired) electrons. The SMILES string of the molecule is CCC(C)(C)CC(C)(C)C(N)=O. The molecule has 0 aliphatic heterocycles. The van der Waals surface area contributed by atoms with Crippen molar-refractivity contribution in [2.75, 3.05) is 0 Å². The molecule has 2 N–H and O–H groups in total. The lowest BCUT2D eigenvalue weighted by atomic mass is 9.73. The molecule has 0 spiro atoms. The van der Waals surface area contributed by atoms with E-state index in [1.165, 1.54) is 0 Å². The second kappa shape index (κ2) is 3.46. The molecule has 0 aliphatic carbocycles. The fourth-order valence-corrected chi connectivity index (χ4v) is 1.41. The van der Waals surface area contributed by atoms with Gasteiger partial charge < -0.3 is 5.73 Å². The third-order valence-electron chi connectivity index (χ3n) is 2.54. The zero-order chi connectivity index (χ0) is 9.99. The maximum atomic E-state index is 11.0. The van der Waals surface area contributed by atoms with Gasteiger partial charge in [0.2, 0.25) is 5.91 Å². The highest BCUT2D eigenvalue weighted by atomic mass is 16.1. The summed E-state index contributed by atoms with van der Waals surface area (Å²) in [6.45, 7) is 10.3. The summed E-state index contributed by atoms with van der Waals surface area (Å²) < 4.78 is 0. The Morgan fingerprint density at radius 1 is 1.25 bits per heavy atom. The van der Waals surface area contributed by atoms with Crippen molar-refractivity contribution < 1.29 is 4.79 Å². The first-order valence-corrected chi connectivity index (χ1v) is 4.51. The van der Waals surface area contributed by atoms with E-state index in [1.54, 1.807) is 0 Å². The van der Waals surface area contributed by atoms with Gasteiger partial charge >= 0.3 is 0 Å². The van der Waals surface area contributed by atoms with E-state index in [9.17, 15) is 4.79 Å². The van der Waals surface area contributed by atoms with Gasteiger partial charge in [-0.2, -0.15) is 0 Å². The summed E-state index contributed by atoms with van der Waals surface area (Å²) in [5.74, 6) is -0.205. The first kappa shape index (κ1) is 11.5. The van der Waals surface area contributed by atoms with Crippen LogP contribution in [0.15, 0.2) is 0 Å². The molecule has 2 heteroatoms. The monoisotopic (exact) mass is 171 g/mol. The first-order valence-electron chi connectivity index (χ1n) is 4.51. The number of amides is 1. The molecule has 0 aliphatic rings. The summed E-state index contributed by atoms with van der Waals surface area (Å²) in [4.78, 5) is 11.0. The van der Waals surface area contributed by atoms with Crippen molar-refractivity contribution in [1.82, 2.24) is 0 Å². The number of hydrogen-bond donors (Lipinski definition) is 1. The van der Waals surface area contributed by atoms with E-state index in [0.29, 0.717) is 0 Å². The lowest BCUT2D eigenvalue weighted by Gasteiger charge is -2.31. The van der Waals surface area contributed by atoms with E-state index in [4.69, 9.17) is 5.73 Å². The zero-order valence-corrected chi connectivity index (χ0v) is 8.90. The molecule has 1 amide bonds. The smallest absolute Gasteiger partial charge is 0.223 e. The van der Waals surface area contributed by atoms with E-state index in [-0.39, 0.29) is 16.7 Å². The Morgan fingerprint density at radius 2 is 1.67 bits per heavy atom. The van der Waals surface area contributed by atoms with Crippen LogP contribution in [0.25, 0.3) is 0 Å². The van der Waals surface area contributed by atoms with Crippen LogP contribution in [0.3, 0.4) is 0 Å². The minimum atomic E-state index is -0.375. The Bertz CT molecular complexity index is 171. The Morgan fingerprint density at radius 3 is 1.92 bits per heavy atom. The van der Waals surface area contributed by atoms with Gasteiger partial charge in [0.1, 0.15) is 0 Å². The van der Waals surface area contributed by atoms with E-state index < -0.39 is 0 Å². The van der Waals surface area contributed by atoms with Crippen LogP contribution in [-0.2, 0) is 4.79 Å². The van der Waals surface area contributed by atoms with Crippen LogP contribution in [0.4, 0.5) is 0 Å². The van der Waals surface area contributed by atoms with E-state index >= 15 is 0 Å². The van der Waals surface area contributed by atoms with Crippen LogP contribution in [0, 0.1) is 10.8 Å². The standard InChI is InChI=1S/C10H21NO/c1-6-9(2,3)7-10(4,5)8(11)12/h6-7H2,1-5H3,(H2,11,12). The van der Waals surface area contributed by atoms with E-state index in [1.807, 2.05) is 13.8 Å². The second-order valence-corrected chi connectivity index (χ2v) is 4.94. The highest BCUT2D eigenvalue weighted by Crippen LogP contribution is 2.35. The predicted molar refractivity (Wildman–Crippen MR) is 51.7 cm³/mol. The van der Waals surface area contributed by atoms with Gasteiger partial charge in [-0.15, -0.1) is 0 Å². The van der Waals surface area contributed by atoms with Crippen molar-refractivity contribution in [1.29, 1.82) is 0 Å². The largest absolute Gasteiger partial charge is 0.369 e. The predicted octanol–water partition coefficient (Wildman–Crippen LogP) is 2.32. The van der Waals surface area contributed by atoms with Crippen molar-refractivity contribution >= 4 is 5.91 Å². The molecule has 12 heavy (non-hydrogen) atoms. The maximum absolute atomic E-state index is 11.0. The number of carbonyl (C=O) groups is 1. The van der Waals surface area contributed by atoms with Crippen molar-refractivity contribution in [2.24, 2.45) is 16.6 Å². The number of nitrogens with two attached hydrogens (primary N) is 1. The van der Waals surface area contributed by atoms with Gasteiger partial charge in [0, 0.05) is 5.41 Å². The molecule has 0 rings (SSSR count). The molecule has 0 bridgehead atoms. The molecule has 0 aromatic heterocycles. The van der Waals surface area contributed by atoms with Crippen LogP contribution in [0.1, 0.15) is 47.5 Å². The second-order valence-electron chi connectivity index (χ2n) is 4.94. The van der Waals surface area contributed by atoms with Gasteiger partial charge in [-0.25, -0.2) is 0 Å². The molecule has 0 heterocycles. The Balaban J connectivity index is 4.34. The first-order chi connectivity index (χ1) is 5.21. The van der Waals surface area contributed by atoms with E-state index in [2.05, 4.69) is 20.8 Å². The highest BCUT2D eigenvalue weighted by Gasteiger charge is 2.31. The van der Waals surface area contributed by atoms with Crippen LogP contribution in [0.2, 0.25) is 0 Å². The third kappa shape index (κ3) is 3.24. The van der Waals surface area contributed by atoms with Gasteiger partial charge in [0.05, 0.1) is 0 Å². The lowest BCUT2D eigenvalue weighted by molar-refractivity contribution is -0.127. The highest BCUT2D eigenvalue weighted by molar-refractivity contribution is 5.79. The van der Waals surface area contributed by atoms with Crippen molar-refractivity contribution in [3.8, 4) is 0 Å². The average Bonchev–Trinajstić information content (AvgIpc) is 1.85. The summed E-state index contributed by atoms with van der Waals surface area (Å²) in [5, 5.41) is 0. The minimum Gasteiger partial charge on any atom is -0.369 e. The van der Waals surface area contributed by atoms with E-state index in [0.717, 1.165) is 12.8 Å². The molecule has 0 atom stereocenters. The molecule has 0 aromatic carbocycles. The fourth-order valence-electron chi connectivity index (χ4n) is 1.41. The van der Waals surface area contributed by atoms with Crippen molar-refractivity contribution in [3.63, 3.8) is 0 Å². The quantitative estimate of drug-likeness (QED) is 0.693. The fraction of sp³-hybridized carbons (Fsp3) is 0.900. The van der Waals surface area contributed by atoms with Crippen molar-refractivity contribution in [2.45, 2.75) is 47.5 Å². The molecule has 0 unspecified atom stereocenters. The zero-order valence-electron chi connectivity index (χ0n) is 8.90. The molecular weight excluding hydrogens is 150 g/mol. The van der Waals surface area contributed by atoms with Gasteiger partial charge in [-0.05, 0) is 11.8 Å². The Hall–Kier alpha value is -0.530. The molecule has 2 nitrogen and oxygen atoms in total. The number of hydrogen-bond acceptors (Lipinski definition) is 1. The third-order valence-corrected chi connectivity index (χ3v) is 2.54. The number of carbonyl (C=O) groups excluding carboxylic acids is 1. The topological polar surface area (TPSA) is 43.1 Å². The maximum Gasteiger partial charge on any atom is 0.223 e. The summed E-state index contributed by atoms with van der Waals surface area (Å²) in [6, 6.07) is 0. The Labute approximate surface area is 75.5 Å². The van der Waals surface area contributed by atoms with Gasteiger partial charge in [0.15, 0.2) is 0 Å². The summed E-state index contributed by atoms with van der Waals surface area (Å²) in [6.07, 6.45) is 1.93. The van der Waals surface area contributed by atoms with Crippen molar-refractivity contribution in [3.05, 3.63) is 0 Å². The van der Waals surface area contributed by atoms with Crippen LogP contribution >= 0.6 is 0 Å². The molecule has 72 valence electrons. The summed E-state index contributed by atoms with van der Waals surface area (Å²) in [7, 11) is 0. The van der Waals surface area contributed by atoms with Crippen LogP contribution in [0.5, 0.6) is 0 Å². The van der Waals surface area contributed by atoms with Gasteiger partial charge in [-0.1, -0.05) is 41.0 Å². The molecule has 0 aromatic rings. The Kier molecular flexibility index (Phi) is 3.31. The molecule has 0 fully saturated rings. The van der Waals surface area contributed by atoms with Crippen LogP contribution in [-0.4, -0.2) is 5.91 Å². The number of primary amides is 1. The summed E-state index contributed by atoms with van der Waals surface area (Å²) in [5.41, 5.74) is 5.12.